The van der Waals surface area contributed by atoms with Crippen molar-refractivity contribution in [1.29, 1.82) is 0 Å². The van der Waals surface area contributed by atoms with Gasteiger partial charge < -0.3 is 15.0 Å². The molecular weight excluding hydrogens is 378 g/mol. The molecule has 29 heavy (non-hydrogen) atoms. The van der Waals surface area contributed by atoms with E-state index >= 15 is 0 Å². The van der Waals surface area contributed by atoms with Gasteiger partial charge in [0.1, 0.15) is 5.82 Å². The second kappa shape index (κ2) is 9.11. The number of carbonyl (C=O) groups is 1. The van der Waals surface area contributed by atoms with Crippen LogP contribution in [-0.4, -0.2) is 34.7 Å². The van der Waals surface area contributed by atoms with Crippen LogP contribution in [-0.2, 0) is 22.6 Å². The van der Waals surface area contributed by atoms with Gasteiger partial charge in [0.25, 0.3) is 0 Å². The topological polar surface area (TPSA) is 82.2 Å². The lowest BCUT2D eigenvalue weighted by Gasteiger charge is -2.13. The van der Waals surface area contributed by atoms with Gasteiger partial charge in [0.2, 0.25) is 5.91 Å². The summed E-state index contributed by atoms with van der Waals surface area (Å²) in [4.78, 5) is 15.9. The first-order chi connectivity index (χ1) is 13.9. The van der Waals surface area contributed by atoms with Crippen molar-refractivity contribution >= 4 is 16.9 Å². The van der Waals surface area contributed by atoms with Crippen LogP contribution in [0.2, 0.25) is 0 Å². The minimum Gasteiger partial charge on any atom is -0.380 e. The fourth-order valence-corrected chi connectivity index (χ4v) is 3.10. The van der Waals surface area contributed by atoms with Crippen molar-refractivity contribution in [3.8, 4) is 11.1 Å². The molecule has 0 unspecified atom stereocenters. The molecule has 8 heteroatoms. The van der Waals surface area contributed by atoms with Crippen LogP contribution >= 0.6 is 0 Å². The third kappa shape index (κ3) is 4.60. The number of rotatable bonds is 9. The Morgan fingerprint density at radius 2 is 2.10 bits per heavy atom. The number of carbonyl (C=O) groups excluding carboxylic acids is 1. The third-order valence-electron chi connectivity index (χ3n) is 4.75. The van der Waals surface area contributed by atoms with Gasteiger partial charge >= 0.3 is 0 Å². The largest absolute Gasteiger partial charge is 0.380 e. The average molecular weight is 402 g/mol. The fourth-order valence-electron chi connectivity index (χ4n) is 3.10. The smallest absolute Gasteiger partial charge is 0.234 e. The molecule has 3 aromatic rings. The fraction of sp³-hybridized carbons (Fsp3) is 0.333. The molecule has 1 amide bonds. The van der Waals surface area contributed by atoms with Crippen molar-refractivity contribution in [2.45, 2.75) is 33.0 Å². The third-order valence-corrected chi connectivity index (χ3v) is 4.75. The summed E-state index contributed by atoms with van der Waals surface area (Å²) in [6, 6.07) is 8.87. The molecule has 0 spiro atoms. The number of amides is 1. The number of hydrogen-bond donors (Lipinski definition) is 2. The van der Waals surface area contributed by atoms with Gasteiger partial charge in [-0.3, -0.25) is 10.1 Å². The van der Waals surface area contributed by atoms with Gasteiger partial charge in [0.15, 0.2) is 11.6 Å². The van der Waals surface area contributed by atoms with E-state index in [0.717, 1.165) is 11.6 Å². The molecule has 0 saturated heterocycles. The van der Waals surface area contributed by atoms with Crippen LogP contribution in [0.15, 0.2) is 36.4 Å². The second-order valence-corrected chi connectivity index (χ2v) is 6.69. The van der Waals surface area contributed by atoms with Crippen molar-refractivity contribution in [2.75, 3.05) is 13.2 Å². The lowest BCUT2D eigenvalue weighted by molar-refractivity contribution is -0.119. The van der Waals surface area contributed by atoms with Crippen LogP contribution < -0.4 is 11.1 Å². The Labute approximate surface area is 167 Å². The van der Waals surface area contributed by atoms with Gasteiger partial charge in [0, 0.05) is 18.7 Å². The SMILES string of the molecule is CCOCCn1c(CN[C@@H](C)C(N)=O)nc2ccc(-c3cccc(F)c3F)cc21. The molecule has 0 radical (unpaired) electrons. The molecule has 0 aliphatic heterocycles. The number of primary amides is 1. The molecule has 3 N–H and O–H groups in total. The lowest BCUT2D eigenvalue weighted by atomic mass is 10.0. The van der Waals surface area contributed by atoms with Crippen LogP contribution in [0.25, 0.3) is 22.2 Å². The van der Waals surface area contributed by atoms with E-state index in [1.807, 2.05) is 11.5 Å². The highest BCUT2D eigenvalue weighted by molar-refractivity contribution is 5.83. The number of halogens is 2. The maximum Gasteiger partial charge on any atom is 0.234 e. The summed E-state index contributed by atoms with van der Waals surface area (Å²) in [6.07, 6.45) is 0. The van der Waals surface area contributed by atoms with E-state index in [1.54, 1.807) is 25.1 Å². The molecule has 6 nitrogen and oxygen atoms in total. The van der Waals surface area contributed by atoms with E-state index in [-0.39, 0.29) is 5.56 Å². The van der Waals surface area contributed by atoms with E-state index in [9.17, 15) is 13.6 Å². The molecule has 0 fully saturated rings. The van der Waals surface area contributed by atoms with Crippen LogP contribution in [0, 0.1) is 11.6 Å². The van der Waals surface area contributed by atoms with Gasteiger partial charge in [-0.2, -0.15) is 0 Å². The molecule has 3 rings (SSSR count). The number of imidazole rings is 1. The Hall–Kier alpha value is -2.84. The second-order valence-electron chi connectivity index (χ2n) is 6.69. The summed E-state index contributed by atoms with van der Waals surface area (Å²) in [5.74, 6) is -1.53. The molecule has 0 saturated carbocycles. The number of ether oxygens (including phenoxy) is 1. The number of fused-ring (bicyclic) bond motifs is 1. The maximum atomic E-state index is 14.3. The average Bonchev–Trinajstić information content (AvgIpc) is 3.05. The summed E-state index contributed by atoms with van der Waals surface area (Å²) < 4.78 is 35.3. The van der Waals surface area contributed by atoms with Gasteiger partial charge in [0.05, 0.1) is 30.2 Å². The quantitative estimate of drug-likeness (QED) is 0.539. The van der Waals surface area contributed by atoms with E-state index in [0.29, 0.717) is 43.2 Å². The monoisotopic (exact) mass is 402 g/mol. The Bertz CT molecular complexity index is 1020. The summed E-state index contributed by atoms with van der Waals surface area (Å²) in [7, 11) is 0. The van der Waals surface area contributed by atoms with E-state index < -0.39 is 23.6 Å². The van der Waals surface area contributed by atoms with Crippen molar-refractivity contribution in [3.05, 3.63) is 53.9 Å². The Morgan fingerprint density at radius 3 is 2.83 bits per heavy atom. The van der Waals surface area contributed by atoms with Gasteiger partial charge in [-0.1, -0.05) is 18.2 Å². The zero-order valence-corrected chi connectivity index (χ0v) is 16.4. The Balaban J connectivity index is 2.01. The van der Waals surface area contributed by atoms with Crippen molar-refractivity contribution in [1.82, 2.24) is 14.9 Å². The molecule has 154 valence electrons. The van der Waals surface area contributed by atoms with E-state index in [2.05, 4.69) is 10.3 Å². The summed E-state index contributed by atoms with van der Waals surface area (Å²) >= 11 is 0. The highest BCUT2D eigenvalue weighted by Gasteiger charge is 2.16. The normalized spacial score (nSPS) is 12.4. The Morgan fingerprint density at radius 1 is 1.31 bits per heavy atom. The van der Waals surface area contributed by atoms with Gasteiger partial charge in [-0.15, -0.1) is 0 Å². The number of hydrogen-bond acceptors (Lipinski definition) is 4. The molecule has 0 aliphatic rings. The molecule has 1 heterocycles. The molecule has 2 aromatic carbocycles. The number of aromatic nitrogens is 2. The molecular formula is C21H24F2N4O2. The van der Waals surface area contributed by atoms with Crippen molar-refractivity contribution < 1.29 is 18.3 Å². The minimum atomic E-state index is -0.891. The zero-order valence-electron chi connectivity index (χ0n) is 16.4. The van der Waals surface area contributed by atoms with Crippen LogP contribution in [0.1, 0.15) is 19.7 Å². The van der Waals surface area contributed by atoms with Crippen molar-refractivity contribution in [2.24, 2.45) is 5.73 Å². The summed E-state index contributed by atoms with van der Waals surface area (Å²) in [6.45, 7) is 5.50. The number of nitrogens with two attached hydrogens (primary N) is 1. The number of benzene rings is 2. The predicted octanol–water partition coefficient (Wildman–Crippen LogP) is 2.98. The maximum absolute atomic E-state index is 14.3. The molecule has 1 atom stereocenters. The first-order valence-corrected chi connectivity index (χ1v) is 9.46. The van der Waals surface area contributed by atoms with Crippen LogP contribution in [0.3, 0.4) is 0 Å². The first-order valence-electron chi connectivity index (χ1n) is 9.46. The van der Waals surface area contributed by atoms with E-state index in [4.69, 9.17) is 10.5 Å². The number of nitrogens with zero attached hydrogens (tertiary/aromatic N) is 2. The highest BCUT2D eigenvalue weighted by atomic mass is 19.2. The van der Waals surface area contributed by atoms with Gasteiger partial charge in [-0.25, -0.2) is 13.8 Å². The first kappa shape index (κ1) is 20.9. The standard InChI is InChI=1S/C21H24F2N4O2/c1-3-29-10-9-27-18-11-14(15-5-4-6-16(22)20(15)23)7-8-17(18)26-19(27)12-25-13(2)21(24)28/h4-8,11,13,25H,3,9-10,12H2,1-2H3,(H2,24,28)/t13-/m0/s1. The summed E-state index contributed by atoms with van der Waals surface area (Å²) in [5, 5.41) is 3.04. The number of nitrogens with one attached hydrogen (secondary N) is 1. The molecule has 1 aromatic heterocycles. The predicted molar refractivity (Wildman–Crippen MR) is 107 cm³/mol. The van der Waals surface area contributed by atoms with Gasteiger partial charge in [-0.05, 0) is 37.6 Å². The van der Waals surface area contributed by atoms with Crippen LogP contribution in [0.5, 0.6) is 0 Å². The molecule has 0 aliphatic carbocycles. The van der Waals surface area contributed by atoms with E-state index in [1.165, 1.54) is 12.1 Å². The zero-order chi connectivity index (χ0) is 21.0. The molecule has 0 bridgehead atoms. The van der Waals surface area contributed by atoms with Crippen molar-refractivity contribution in [3.63, 3.8) is 0 Å². The minimum absolute atomic E-state index is 0.187. The summed E-state index contributed by atoms with van der Waals surface area (Å²) in [5.41, 5.74) is 7.53. The highest BCUT2D eigenvalue weighted by Crippen LogP contribution is 2.28. The lowest BCUT2D eigenvalue weighted by Crippen LogP contribution is -2.38. The Kier molecular flexibility index (Phi) is 6.56. The van der Waals surface area contributed by atoms with Crippen LogP contribution in [0.4, 0.5) is 8.78 Å².